The molecule has 4 rings (SSSR count). The van der Waals surface area contributed by atoms with Gasteiger partial charge < -0.3 is 10.1 Å². The van der Waals surface area contributed by atoms with Gasteiger partial charge in [-0.1, -0.05) is 6.07 Å². The Morgan fingerprint density at radius 1 is 1.36 bits per heavy atom. The molecule has 1 aromatic carbocycles. The third-order valence-corrected chi connectivity index (χ3v) is 5.97. The molecule has 3 heterocycles. The first-order chi connectivity index (χ1) is 12.3. The highest BCUT2D eigenvalue weighted by molar-refractivity contribution is 7.83. The topological polar surface area (TPSA) is 56.1 Å². The second kappa shape index (κ2) is 6.98. The predicted octanol–water partition coefficient (Wildman–Crippen LogP) is 2.91. The van der Waals surface area contributed by atoms with Gasteiger partial charge in [0.1, 0.15) is 5.75 Å². The van der Waals surface area contributed by atoms with Crippen molar-refractivity contribution >= 4 is 22.0 Å². The Kier molecular flexibility index (Phi) is 4.55. The molecule has 2 atom stereocenters. The lowest BCUT2D eigenvalue weighted by Crippen LogP contribution is -2.23. The molecule has 5 nitrogen and oxygen atoms in total. The van der Waals surface area contributed by atoms with Gasteiger partial charge in [-0.25, -0.2) is 4.21 Å². The summed E-state index contributed by atoms with van der Waals surface area (Å²) in [7, 11) is 0.276. The Hall–Kier alpha value is -2.18. The molecule has 1 aliphatic rings. The second-order valence-corrected chi connectivity index (χ2v) is 7.64. The van der Waals surface area contributed by atoms with Crippen molar-refractivity contribution in [2.24, 2.45) is 0 Å². The minimum atomic E-state index is -1.34. The van der Waals surface area contributed by atoms with Crippen molar-refractivity contribution in [2.45, 2.75) is 30.2 Å². The van der Waals surface area contributed by atoms with Crippen LogP contribution in [0.3, 0.4) is 0 Å². The molecule has 6 heteroatoms. The fraction of sp³-hybridized carbons (Fsp3) is 0.316. The zero-order valence-corrected chi connectivity index (χ0v) is 15.0. The van der Waals surface area contributed by atoms with Crippen LogP contribution in [0, 0.1) is 0 Å². The van der Waals surface area contributed by atoms with Gasteiger partial charge in [0, 0.05) is 18.4 Å². The van der Waals surface area contributed by atoms with Crippen LogP contribution in [-0.4, -0.2) is 32.9 Å². The zero-order valence-electron chi connectivity index (χ0n) is 14.1. The summed E-state index contributed by atoms with van der Waals surface area (Å²) < 4.78 is 20.2. The van der Waals surface area contributed by atoms with E-state index in [4.69, 9.17) is 4.74 Å². The van der Waals surface area contributed by atoms with E-state index in [1.807, 2.05) is 46.6 Å². The Bertz CT molecular complexity index is 916. The molecule has 130 valence electrons. The van der Waals surface area contributed by atoms with Gasteiger partial charge in [0.05, 0.1) is 23.0 Å². The normalized spacial score (nSPS) is 18.5. The molecule has 2 aromatic heterocycles. The van der Waals surface area contributed by atoms with E-state index in [9.17, 15) is 4.21 Å². The lowest BCUT2D eigenvalue weighted by atomic mass is 10.1. The van der Waals surface area contributed by atoms with Crippen LogP contribution in [0.5, 0.6) is 5.75 Å². The fourth-order valence-corrected chi connectivity index (χ4v) is 4.59. The largest absolute Gasteiger partial charge is 0.497 e. The van der Waals surface area contributed by atoms with Crippen molar-refractivity contribution in [3.63, 3.8) is 0 Å². The van der Waals surface area contributed by atoms with Gasteiger partial charge >= 0.3 is 0 Å². The molecule has 2 unspecified atom stereocenters. The molecule has 3 aromatic rings. The molecular weight excluding hydrogens is 334 g/mol. The minimum absolute atomic E-state index is 0.478. The van der Waals surface area contributed by atoms with Crippen LogP contribution in [0.4, 0.5) is 0 Å². The first-order valence-corrected chi connectivity index (χ1v) is 9.61. The summed E-state index contributed by atoms with van der Waals surface area (Å²) >= 11 is 0. The lowest BCUT2D eigenvalue weighted by Gasteiger charge is -2.08. The van der Waals surface area contributed by atoms with Crippen LogP contribution in [0.15, 0.2) is 53.7 Å². The third-order valence-electron chi connectivity index (χ3n) is 4.65. The van der Waals surface area contributed by atoms with E-state index >= 15 is 0 Å². The van der Waals surface area contributed by atoms with Gasteiger partial charge in [-0.3, -0.25) is 8.96 Å². The molecule has 25 heavy (non-hydrogen) atoms. The SMILES string of the molecule is COc1cccc(S(=O)n2cc(CC3CCCN3)c3ncccc32)c1. The molecule has 1 saturated heterocycles. The number of rotatable bonds is 5. The molecule has 1 aliphatic heterocycles. The highest BCUT2D eigenvalue weighted by Gasteiger charge is 2.20. The van der Waals surface area contributed by atoms with Crippen LogP contribution in [-0.2, 0) is 17.4 Å². The van der Waals surface area contributed by atoms with Crippen molar-refractivity contribution in [3.8, 4) is 5.75 Å². The molecule has 0 amide bonds. The first-order valence-electron chi connectivity index (χ1n) is 8.51. The first kappa shape index (κ1) is 16.3. The third kappa shape index (κ3) is 3.19. The summed E-state index contributed by atoms with van der Waals surface area (Å²) in [6, 6.07) is 11.7. The zero-order chi connectivity index (χ0) is 17.2. The van der Waals surface area contributed by atoms with Crippen LogP contribution in [0.1, 0.15) is 18.4 Å². The van der Waals surface area contributed by atoms with E-state index in [2.05, 4.69) is 10.3 Å². The van der Waals surface area contributed by atoms with Gasteiger partial charge in [-0.15, -0.1) is 0 Å². The number of nitrogens with one attached hydrogen (secondary N) is 1. The molecule has 0 aliphatic carbocycles. The van der Waals surface area contributed by atoms with E-state index < -0.39 is 11.0 Å². The van der Waals surface area contributed by atoms with Gasteiger partial charge in [0.15, 0.2) is 11.0 Å². The Morgan fingerprint density at radius 2 is 2.28 bits per heavy atom. The van der Waals surface area contributed by atoms with Crippen molar-refractivity contribution in [1.82, 2.24) is 14.3 Å². The maximum atomic E-state index is 13.2. The van der Waals surface area contributed by atoms with E-state index in [0.29, 0.717) is 16.7 Å². The van der Waals surface area contributed by atoms with Crippen LogP contribution < -0.4 is 10.1 Å². The average Bonchev–Trinajstić information content (AvgIpc) is 3.30. The number of pyridine rings is 1. The van der Waals surface area contributed by atoms with Gasteiger partial charge in [-0.05, 0) is 61.7 Å². The van der Waals surface area contributed by atoms with Crippen LogP contribution in [0.25, 0.3) is 11.0 Å². The molecule has 0 bridgehead atoms. The van der Waals surface area contributed by atoms with Crippen molar-refractivity contribution in [3.05, 3.63) is 54.4 Å². The quantitative estimate of drug-likeness (QED) is 0.765. The molecule has 1 N–H and O–H groups in total. The van der Waals surface area contributed by atoms with Crippen LogP contribution in [0.2, 0.25) is 0 Å². The monoisotopic (exact) mass is 355 g/mol. The number of ether oxygens (including phenoxy) is 1. The Morgan fingerprint density at radius 3 is 3.08 bits per heavy atom. The van der Waals surface area contributed by atoms with Gasteiger partial charge in [-0.2, -0.15) is 0 Å². The van der Waals surface area contributed by atoms with Gasteiger partial charge in [0.2, 0.25) is 0 Å². The minimum Gasteiger partial charge on any atom is -0.497 e. The summed E-state index contributed by atoms with van der Waals surface area (Å²) in [6.45, 7) is 1.08. The molecular formula is C19H21N3O2S. The summed E-state index contributed by atoms with van der Waals surface area (Å²) in [4.78, 5) is 5.26. The standard InChI is InChI=1S/C19H21N3O2S/c1-24-16-6-2-7-17(12-16)25(23)22-13-14(11-15-5-3-9-20-15)19-18(22)8-4-10-21-19/h2,4,6-8,10,12-13,15,20H,3,5,9,11H2,1H3. The van der Waals surface area contributed by atoms with Crippen molar-refractivity contribution in [2.75, 3.05) is 13.7 Å². The maximum absolute atomic E-state index is 13.2. The van der Waals surface area contributed by atoms with E-state index in [-0.39, 0.29) is 0 Å². The summed E-state index contributed by atoms with van der Waals surface area (Å²) in [5, 5.41) is 3.53. The second-order valence-electron chi connectivity index (χ2n) is 6.28. The van der Waals surface area contributed by atoms with Crippen molar-refractivity contribution < 1.29 is 8.95 Å². The van der Waals surface area contributed by atoms with Crippen molar-refractivity contribution in [1.29, 1.82) is 0 Å². The summed E-state index contributed by atoms with van der Waals surface area (Å²) in [6.07, 6.45) is 7.10. The smallest absolute Gasteiger partial charge is 0.157 e. The highest BCUT2D eigenvalue weighted by Crippen LogP contribution is 2.26. The maximum Gasteiger partial charge on any atom is 0.157 e. The van der Waals surface area contributed by atoms with Gasteiger partial charge in [0.25, 0.3) is 0 Å². The molecule has 0 spiro atoms. The fourth-order valence-electron chi connectivity index (χ4n) is 3.40. The number of hydrogen-bond acceptors (Lipinski definition) is 4. The van der Waals surface area contributed by atoms with E-state index in [1.54, 1.807) is 13.3 Å². The number of methoxy groups -OCH3 is 1. The number of fused-ring (bicyclic) bond motifs is 1. The number of hydrogen-bond donors (Lipinski definition) is 1. The average molecular weight is 355 g/mol. The summed E-state index contributed by atoms with van der Waals surface area (Å²) in [5.74, 6) is 0.704. The highest BCUT2D eigenvalue weighted by atomic mass is 32.2. The molecule has 1 fully saturated rings. The van der Waals surface area contributed by atoms with Crippen LogP contribution >= 0.6 is 0 Å². The predicted molar refractivity (Wildman–Crippen MR) is 99.3 cm³/mol. The summed E-state index contributed by atoms with van der Waals surface area (Å²) in [5.41, 5.74) is 2.98. The van der Waals surface area contributed by atoms with E-state index in [0.717, 1.165) is 29.6 Å². The number of nitrogens with zero attached hydrogens (tertiary/aromatic N) is 2. The lowest BCUT2D eigenvalue weighted by molar-refractivity contribution is 0.413. The Labute approximate surface area is 149 Å². The molecule has 0 radical (unpaired) electrons. The Balaban J connectivity index is 1.74. The number of aromatic nitrogens is 2. The number of benzene rings is 1. The molecule has 0 saturated carbocycles. The van der Waals surface area contributed by atoms with E-state index in [1.165, 1.54) is 12.8 Å².